The summed E-state index contributed by atoms with van der Waals surface area (Å²) in [5.41, 5.74) is 0. The number of allylic oxidation sites excluding steroid dienone is 1. The quantitative estimate of drug-likeness (QED) is 0.448. The molecule has 9 heavy (non-hydrogen) atoms. The second-order valence-corrected chi connectivity index (χ2v) is 2.16. The van der Waals surface area contributed by atoms with Crippen LogP contribution in [-0.4, -0.2) is 23.9 Å². The molecule has 2 heteroatoms. The second-order valence-electron chi connectivity index (χ2n) is 2.16. The highest BCUT2D eigenvalue weighted by Gasteiger charge is 2.35. The van der Waals surface area contributed by atoms with E-state index in [0.29, 0.717) is 0 Å². The fraction of sp³-hybridized carbons (Fsp3) is 0.714. The molecule has 0 amide bonds. The van der Waals surface area contributed by atoms with Crippen LogP contribution in [0.15, 0.2) is 12.2 Å². The first-order valence-corrected chi connectivity index (χ1v) is 3.31. The molecule has 1 heterocycles. The standard InChI is InChI=1S/C7H12O2/c1-2-3-4-6-7(5-8)9-6/h3-4,6-8H,2,5H2,1H3/b4-3-/t6-,7-/m1/s1. The zero-order chi connectivity index (χ0) is 6.69. The van der Waals surface area contributed by atoms with Gasteiger partial charge in [-0.15, -0.1) is 0 Å². The summed E-state index contributed by atoms with van der Waals surface area (Å²) in [5, 5.41) is 8.52. The monoisotopic (exact) mass is 128 g/mol. The summed E-state index contributed by atoms with van der Waals surface area (Å²) in [6.07, 6.45) is 5.39. The molecule has 0 spiro atoms. The molecule has 52 valence electrons. The average Bonchev–Trinajstić information content (AvgIpc) is 2.62. The third-order valence-corrected chi connectivity index (χ3v) is 1.36. The minimum atomic E-state index is 0.0906. The fourth-order valence-electron chi connectivity index (χ4n) is 0.743. The van der Waals surface area contributed by atoms with E-state index >= 15 is 0 Å². The van der Waals surface area contributed by atoms with Gasteiger partial charge in [0.15, 0.2) is 0 Å². The van der Waals surface area contributed by atoms with Crippen molar-refractivity contribution in [3.05, 3.63) is 12.2 Å². The number of epoxide rings is 1. The molecule has 1 N–H and O–H groups in total. The molecule has 0 saturated carbocycles. The largest absolute Gasteiger partial charge is 0.394 e. The van der Waals surface area contributed by atoms with Gasteiger partial charge < -0.3 is 9.84 Å². The fourth-order valence-corrected chi connectivity index (χ4v) is 0.743. The SMILES string of the molecule is CC/C=C\[C@H]1O[C@@H]1CO. The van der Waals surface area contributed by atoms with E-state index in [1.165, 1.54) is 0 Å². The molecule has 0 radical (unpaired) electrons. The first-order valence-electron chi connectivity index (χ1n) is 3.31. The summed E-state index contributed by atoms with van der Waals surface area (Å²) in [4.78, 5) is 0. The number of ether oxygens (including phenoxy) is 1. The maximum Gasteiger partial charge on any atom is 0.111 e. The van der Waals surface area contributed by atoms with Crippen LogP contribution in [0.3, 0.4) is 0 Å². The predicted molar refractivity (Wildman–Crippen MR) is 35.2 cm³/mol. The van der Waals surface area contributed by atoms with Crippen molar-refractivity contribution in [1.82, 2.24) is 0 Å². The molecule has 1 saturated heterocycles. The van der Waals surface area contributed by atoms with Gasteiger partial charge >= 0.3 is 0 Å². The molecule has 1 aliphatic heterocycles. The molecule has 0 aromatic carbocycles. The predicted octanol–water partition coefficient (Wildman–Crippen LogP) is 0.712. The molecule has 0 bridgehead atoms. The molecular formula is C7H12O2. The Morgan fingerprint density at radius 3 is 2.89 bits per heavy atom. The Kier molecular flexibility index (Phi) is 2.25. The molecule has 2 nitrogen and oxygen atoms in total. The minimum Gasteiger partial charge on any atom is -0.394 e. The summed E-state index contributed by atoms with van der Waals surface area (Å²) in [6, 6.07) is 0. The zero-order valence-electron chi connectivity index (χ0n) is 5.58. The van der Waals surface area contributed by atoms with Crippen molar-refractivity contribution in [3.63, 3.8) is 0 Å². The van der Waals surface area contributed by atoms with Crippen LogP contribution in [0.2, 0.25) is 0 Å². The highest BCUT2D eigenvalue weighted by Crippen LogP contribution is 2.22. The number of hydrogen-bond donors (Lipinski definition) is 1. The zero-order valence-corrected chi connectivity index (χ0v) is 5.58. The Balaban J connectivity index is 2.11. The van der Waals surface area contributed by atoms with Crippen LogP contribution in [0.1, 0.15) is 13.3 Å². The van der Waals surface area contributed by atoms with E-state index in [9.17, 15) is 0 Å². The molecule has 0 unspecified atom stereocenters. The lowest BCUT2D eigenvalue weighted by Gasteiger charge is -1.78. The highest BCUT2D eigenvalue weighted by molar-refractivity contribution is 5.01. The molecule has 2 atom stereocenters. The Bertz CT molecular complexity index is 109. The van der Waals surface area contributed by atoms with E-state index in [4.69, 9.17) is 9.84 Å². The van der Waals surface area contributed by atoms with Crippen molar-refractivity contribution in [2.75, 3.05) is 6.61 Å². The summed E-state index contributed by atoms with van der Waals surface area (Å²) >= 11 is 0. The van der Waals surface area contributed by atoms with E-state index in [1.807, 2.05) is 6.08 Å². The lowest BCUT2D eigenvalue weighted by atomic mass is 10.3. The number of aliphatic hydroxyl groups excluding tert-OH is 1. The van der Waals surface area contributed by atoms with Gasteiger partial charge in [-0.1, -0.05) is 19.1 Å². The minimum absolute atomic E-state index is 0.0906. The molecule has 1 fully saturated rings. The topological polar surface area (TPSA) is 32.8 Å². The van der Waals surface area contributed by atoms with Gasteiger partial charge in [0.2, 0.25) is 0 Å². The molecule has 0 aromatic heterocycles. The smallest absolute Gasteiger partial charge is 0.111 e. The van der Waals surface area contributed by atoms with Gasteiger partial charge in [0.25, 0.3) is 0 Å². The van der Waals surface area contributed by atoms with Gasteiger partial charge in [-0.25, -0.2) is 0 Å². The van der Waals surface area contributed by atoms with Crippen LogP contribution in [-0.2, 0) is 4.74 Å². The number of aliphatic hydroxyl groups is 1. The molecule has 0 aliphatic carbocycles. The van der Waals surface area contributed by atoms with Crippen molar-refractivity contribution in [1.29, 1.82) is 0 Å². The molecule has 0 aromatic rings. The summed E-state index contributed by atoms with van der Waals surface area (Å²) < 4.78 is 5.03. The van der Waals surface area contributed by atoms with E-state index in [0.717, 1.165) is 6.42 Å². The Morgan fingerprint density at radius 2 is 2.44 bits per heavy atom. The van der Waals surface area contributed by atoms with Gasteiger partial charge in [0, 0.05) is 0 Å². The third-order valence-electron chi connectivity index (χ3n) is 1.36. The molecule has 1 aliphatic rings. The molecular weight excluding hydrogens is 116 g/mol. The highest BCUT2D eigenvalue weighted by atomic mass is 16.6. The van der Waals surface area contributed by atoms with Crippen molar-refractivity contribution in [2.24, 2.45) is 0 Å². The Labute approximate surface area is 55.1 Å². The van der Waals surface area contributed by atoms with Crippen LogP contribution in [0, 0.1) is 0 Å². The first kappa shape index (κ1) is 6.78. The van der Waals surface area contributed by atoms with Crippen LogP contribution in [0.25, 0.3) is 0 Å². The Hall–Kier alpha value is -0.340. The van der Waals surface area contributed by atoms with E-state index in [1.54, 1.807) is 0 Å². The van der Waals surface area contributed by atoms with Crippen LogP contribution < -0.4 is 0 Å². The van der Waals surface area contributed by atoms with Crippen molar-refractivity contribution >= 4 is 0 Å². The van der Waals surface area contributed by atoms with E-state index < -0.39 is 0 Å². The second kappa shape index (κ2) is 2.99. The number of hydrogen-bond acceptors (Lipinski definition) is 2. The van der Waals surface area contributed by atoms with Crippen LogP contribution >= 0.6 is 0 Å². The first-order chi connectivity index (χ1) is 4.38. The summed E-state index contributed by atoms with van der Waals surface area (Å²) in [6.45, 7) is 2.23. The van der Waals surface area contributed by atoms with E-state index in [-0.39, 0.29) is 18.8 Å². The summed E-state index contributed by atoms with van der Waals surface area (Å²) in [7, 11) is 0. The lowest BCUT2D eigenvalue weighted by molar-refractivity contribution is 0.243. The maximum atomic E-state index is 8.52. The van der Waals surface area contributed by atoms with Crippen molar-refractivity contribution < 1.29 is 9.84 Å². The molecule has 1 rings (SSSR count). The van der Waals surface area contributed by atoms with Gasteiger partial charge in [-0.05, 0) is 6.42 Å². The van der Waals surface area contributed by atoms with Gasteiger partial charge in [-0.3, -0.25) is 0 Å². The summed E-state index contributed by atoms with van der Waals surface area (Å²) in [5.74, 6) is 0. The normalized spacial score (nSPS) is 33.6. The van der Waals surface area contributed by atoms with Crippen molar-refractivity contribution in [3.8, 4) is 0 Å². The average molecular weight is 128 g/mol. The Morgan fingerprint density at radius 1 is 1.67 bits per heavy atom. The lowest BCUT2D eigenvalue weighted by Crippen LogP contribution is -1.95. The van der Waals surface area contributed by atoms with E-state index in [2.05, 4.69) is 13.0 Å². The van der Waals surface area contributed by atoms with Crippen LogP contribution in [0.5, 0.6) is 0 Å². The van der Waals surface area contributed by atoms with Gasteiger partial charge in [-0.2, -0.15) is 0 Å². The third kappa shape index (κ3) is 1.80. The van der Waals surface area contributed by atoms with Crippen molar-refractivity contribution in [2.45, 2.75) is 25.6 Å². The van der Waals surface area contributed by atoms with Gasteiger partial charge in [0.05, 0.1) is 6.61 Å². The number of rotatable bonds is 3. The van der Waals surface area contributed by atoms with Gasteiger partial charge in [0.1, 0.15) is 12.2 Å². The van der Waals surface area contributed by atoms with Crippen LogP contribution in [0.4, 0.5) is 0 Å². The maximum absolute atomic E-state index is 8.52.